The molecule has 0 aliphatic heterocycles. The lowest BCUT2D eigenvalue weighted by Crippen LogP contribution is -2.13. The molecule has 0 unspecified atom stereocenters. The molecule has 1 aromatic heterocycles. The standard InChI is InChI=1S/C22H16INO/c23-20-12-6-4-10-17(20)14-22(25)24-15-19(16-8-2-1-3-9-16)18-11-5-7-13-21(18)24/h1-13,15H,14H2. The molecule has 4 rings (SSSR count). The van der Waals surface area contributed by atoms with E-state index in [9.17, 15) is 4.79 Å². The number of nitrogens with zero attached hydrogens (tertiary/aromatic N) is 1. The Morgan fingerprint density at radius 2 is 1.52 bits per heavy atom. The van der Waals surface area contributed by atoms with Gasteiger partial charge in [-0.05, 0) is 45.9 Å². The molecule has 0 saturated heterocycles. The second-order valence-electron chi connectivity index (χ2n) is 5.96. The van der Waals surface area contributed by atoms with E-state index in [1.807, 2.05) is 66.9 Å². The molecule has 0 bridgehead atoms. The molecule has 0 saturated carbocycles. The Balaban J connectivity index is 1.80. The first-order valence-electron chi connectivity index (χ1n) is 8.16. The Labute approximate surface area is 160 Å². The quantitative estimate of drug-likeness (QED) is 0.372. The van der Waals surface area contributed by atoms with Gasteiger partial charge in [0.2, 0.25) is 5.91 Å². The van der Waals surface area contributed by atoms with Crippen molar-refractivity contribution in [3.05, 3.63) is 94.2 Å². The molecule has 2 nitrogen and oxygen atoms in total. The summed E-state index contributed by atoms with van der Waals surface area (Å²) in [7, 11) is 0. The smallest absolute Gasteiger partial charge is 0.235 e. The van der Waals surface area contributed by atoms with Crippen molar-refractivity contribution in [1.82, 2.24) is 4.57 Å². The minimum atomic E-state index is 0.0856. The first-order chi connectivity index (χ1) is 12.2. The van der Waals surface area contributed by atoms with E-state index in [2.05, 4.69) is 40.8 Å². The van der Waals surface area contributed by atoms with E-state index in [-0.39, 0.29) is 5.91 Å². The molecule has 3 heteroatoms. The Kier molecular flexibility index (Phi) is 4.40. The average Bonchev–Trinajstić information content (AvgIpc) is 3.04. The van der Waals surface area contributed by atoms with E-state index >= 15 is 0 Å². The Morgan fingerprint density at radius 1 is 0.840 bits per heavy atom. The van der Waals surface area contributed by atoms with Gasteiger partial charge in [-0.15, -0.1) is 0 Å². The zero-order valence-electron chi connectivity index (χ0n) is 13.5. The number of halogens is 1. The van der Waals surface area contributed by atoms with Crippen molar-refractivity contribution in [1.29, 1.82) is 0 Å². The molecule has 25 heavy (non-hydrogen) atoms. The largest absolute Gasteiger partial charge is 0.286 e. The van der Waals surface area contributed by atoms with Crippen molar-refractivity contribution >= 4 is 39.4 Å². The van der Waals surface area contributed by atoms with Gasteiger partial charge in [-0.2, -0.15) is 0 Å². The summed E-state index contributed by atoms with van der Waals surface area (Å²) in [6.07, 6.45) is 2.37. The van der Waals surface area contributed by atoms with Crippen LogP contribution in [0.2, 0.25) is 0 Å². The highest BCUT2D eigenvalue weighted by atomic mass is 127. The number of rotatable bonds is 3. The van der Waals surface area contributed by atoms with E-state index < -0.39 is 0 Å². The zero-order valence-corrected chi connectivity index (χ0v) is 15.7. The lowest BCUT2D eigenvalue weighted by Gasteiger charge is -2.06. The summed E-state index contributed by atoms with van der Waals surface area (Å²) in [5.74, 6) is 0.0856. The highest BCUT2D eigenvalue weighted by molar-refractivity contribution is 14.1. The van der Waals surface area contributed by atoms with E-state index in [4.69, 9.17) is 0 Å². The first-order valence-corrected chi connectivity index (χ1v) is 9.24. The molecule has 0 atom stereocenters. The number of benzene rings is 3. The van der Waals surface area contributed by atoms with Crippen molar-refractivity contribution in [2.45, 2.75) is 6.42 Å². The maximum atomic E-state index is 13.0. The minimum Gasteiger partial charge on any atom is -0.286 e. The average molecular weight is 437 g/mol. The van der Waals surface area contributed by atoms with Gasteiger partial charge in [0.15, 0.2) is 0 Å². The summed E-state index contributed by atoms with van der Waals surface area (Å²) in [5, 5.41) is 1.10. The minimum absolute atomic E-state index is 0.0856. The Morgan fingerprint density at radius 3 is 2.32 bits per heavy atom. The fourth-order valence-electron chi connectivity index (χ4n) is 3.12. The van der Waals surface area contributed by atoms with E-state index in [0.717, 1.165) is 31.2 Å². The lowest BCUT2D eigenvalue weighted by atomic mass is 10.1. The number of fused-ring (bicyclic) bond motifs is 1. The molecule has 122 valence electrons. The normalized spacial score (nSPS) is 10.9. The summed E-state index contributed by atoms with van der Waals surface area (Å²) >= 11 is 2.28. The number of hydrogen-bond donors (Lipinski definition) is 0. The summed E-state index contributed by atoms with van der Waals surface area (Å²) < 4.78 is 2.91. The maximum absolute atomic E-state index is 13.0. The Hall–Kier alpha value is -2.40. The number of carbonyl (C=O) groups excluding carboxylic acids is 1. The van der Waals surface area contributed by atoms with Gasteiger partial charge < -0.3 is 0 Å². The molecule has 0 spiro atoms. The highest BCUT2D eigenvalue weighted by Gasteiger charge is 2.15. The highest BCUT2D eigenvalue weighted by Crippen LogP contribution is 2.30. The van der Waals surface area contributed by atoms with Crippen LogP contribution in [0.4, 0.5) is 0 Å². The van der Waals surface area contributed by atoms with Gasteiger partial charge in [-0.1, -0.05) is 66.7 Å². The molecule has 3 aromatic carbocycles. The van der Waals surface area contributed by atoms with E-state index in [1.54, 1.807) is 4.57 Å². The van der Waals surface area contributed by atoms with Gasteiger partial charge >= 0.3 is 0 Å². The monoisotopic (exact) mass is 437 g/mol. The van der Waals surface area contributed by atoms with Crippen LogP contribution >= 0.6 is 22.6 Å². The summed E-state index contributed by atoms with van der Waals surface area (Å²) in [6.45, 7) is 0. The molecular formula is C22H16INO. The number of para-hydroxylation sites is 1. The van der Waals surface area contributed by atoms with Gasteiger partial charge in [-0.25, -0.2) is 0 Å². The Bertz CT molecular complexity index is 1050. The molecule has 0 fully saturated rings. The second-order valence-corrected chi connectivity index (χ2v) is 7.12. The fraction of sp³-hybridized carbons (Fsp3) is 0.0455. The van der Waals surface area contributed by atoms with Gasteiger partial charge in [0.1, 0.15) is 0 Å². The van der Waals surface area contributed by atoms with Crippen LogP contribution in [0.15, 0.2) is 85.1 Å². The van der Waals surface area contributed by atoms with Crippen LogP contribution in [0, 0.1) is 3.57 Å². The third-order valence-electron chi connectivity index (χ3n) is 4.36. The lowest BCUT2D eigenvalue weighted by molar-refractivity contribution is 0.0919. The van der Waals surface area contributed by atoms with Crippen LogP contribution in [0.1, 0.15) is 10.4 Å². The zero-order chi connectivity index (χ0) is 17.2. The molecule has 4 aromatic rings. The molecule has 0 amide bonds. The van der Waals surface area contributed by atoms with E-state index in [0.29, 0.717) is 6.42 Å². The van der Waals surface area contributed by atoms with Crippen molar-refractivity contribution in [2.75, 3.05) is 0 Å². The number of aromatic nitrogens is 1. The van der Waals surface area contributed by atoms with Crippen LogP contribution in [0.3, 0.4) is 0 Å². The summed E-state index contributed by atoms with van der Waals surface area (Å²) in [5.41, 5.74) is 4.23. The second kappa shape index (κ2) is 6.84. The molecular weight excluding hydrogens is 421 g/mol. The predicted molar refractivity (Wildman–Crippen MR) is 111 cm³/mol. The van der Waals surface area contributed by atoms with Crippen LogP contribution in [0.25, 0.3) is 22.0 Å². The number of carbonyl (C=O) groups is 1. The van der Waals surface area contributed by atoms with Gasteiger partial charge in [0, 0.05) is 20.7 Å². The topological polar surface area (TPSA) is 22.0 Å². The van der Waals surface area contributed by atoms with Gasteiger partial charge in [0.05, 0.1) is 11.9 Å². The fourth-order valence-corrected chi connectivity index (χ4v) is 3.70. The van der Waals surface area contributed by atoms with Crippen LogP contribution in [-0.2, 0) is 6.42 Å². The van der Waals surface area contributed by atoms with Crippen LogP contribution < -0.4 is 0 Å². The molecule has 0 N–H and O–H groups in total. The molecule has 0 aliphatic carbocycles. The SMILES string of the molecule is O=C(Cc1ccccc1I)n1cc(-c2ccccc2)c2ccccc21. The van der Waals surface area contributed by atoms with Crippen molar-refractivity contribution < 1.29 is 4.79 Å². The molecule has 0 aliphatic rings. The van der Waals surface area contributed by atoms with Gasteiger partial charge in [0.25, 0.3) is 0 Å². The maximum Gasteiger partial charge on any atom is 0.235 e. The molecule has 0 radical (unpaired) electrons. The van der Waals surface area contributed by atoms with Crippen LogP contribution in [-0.4, -0.2) is 10.5 Å². The van der Waals surface area contributed by atoms with Crippen LogP contribution in [0.5, 0.6) is 0 Å². The van der Waals surface area contributed by atoms with Crippen molar-refractivity contribution in [3.8, 4) is 11.1 Å². The number of hydrogen-bond acceptors (Lipinski definition) is 1. The van der Waals surface area contributed by atoms with Crippen molar-refractivity contribution in [3.63, 3.8) is 0 Å². The summed E-state index contributed by atoms with van der Waals surface area (Å²) in [4.78, 5) is 13.0. The third kappa shape index (κ3) is 3.12. The summed E-state index contributed by atoms with van der Waals surface area (Å²) in [6, 6.07) is 26.3. The van der Waals surface area contributed by atoms with E-state index in [1.165, 1.54) is 0 Å². The first kappa shape index (κ1) is 16.1. The van der Waals surface area contributed by atoms with Gasteiger partial charge in [-0.3, -0.25) is 9.36 Å². The third-order valence-corrected chi connectivity index (χ3v) is 5.42. The van der Waals surface area contributed by atoms with Crippen molar-refractivity contribution in [2.24, 2.45) is 0 Å². The molecule has 1 heterocycles. The predicted octanol–water partition coefficient (Wildman–Crippen LogP) is 5.80.